The lowest BCUT2D eigenvalue weighted by atomic mass is 10.2. The Labute approximate surface area is 157 Å². The smallest absolute Gasteiger partial charge is 0.267 e. The molecule has 128 valence electrons. The fraction of sp³-hybridized carbons (Fsp3) is 0.150. The third-order valence-corrected chi connectivity index (χ3v) is 4.79. The van der Waals surface area contributed by atoms with E-state index in [1.54, 1.807) is 23.2 Å². The number of hydrogen-bond acceptors (Lipinski definition) is 1. The molecule has 3 nitrogen and oxygen atoms in total. The number of rotatable bonds is 4. The van der Waals surface area contributed by atoms with Gasteiger partial charge in [0.1, 0.15) is 0 Å². The third-order valence-electron chi connectivity index (χ3n) is 4.05. The Balaban J connectivity index is 2.04. The molecule has 2 aromatic carbocycles. The molecule has 0 atom stereocenters. The number of nitrogens with zero attached hydrogens (tertiary/aromatic N) is 2. The van der Waals surface area contributed by atoms with Crippen molar-refractivity contribution in [1.29, 1.82) is 0 Å². The Morgan fingerprint density at radius 1 is 0.920 bits per heavy atom. The van der Waals surface area contributed by atoms with Crippen LogP contribution in [0.1, 0.15) is 27.3 Å². The summed E-state index contributed by atoms with van der Waals surface area (Å²) in [5.74, 6) is -0.134. The monoisotopic (exact) mass is 372 g/mol. The van der Waals surface area contributed by atoms with Gasteiger partial charge in [-0.2, -0.15) is 0 Å². The predicted octanol–water partition coefficient (Wildman–Crippen LogP) is 5.39. The third kappa shape index (κ3) is 3.73. The molecular weight excluding hydrogens is 355 g/mol. The summed E-state index contributed by atoms with van der Waals surface area (Å²) in [7, 11) is 0. The number of amides is 1. The fourth-order valence-corrected chi connectivity index (χ4v) is 3.11. The van der Waals surface area contributed by atoms with E-state index in [0.717, 1.165) is 17.0 Å². The molecule has 0 aliphatic heterocycles. The number of benzene rings is 2. The molecule has 0 unspecified atom stereocenters. The molecule has 0 radical (unpaired) electrons. The minimum atomic E-state index is -0.134. The highest BCUT2D eigenvalue weighted by atomic mass is 35.5. The Kier molecular flexibility index (Phi) is 5.16. The standard InChI is InChI=1S/C20H18Cl2N2O/c1-14-8-9-15(2)24(14)23(13-16-6-4-3-5-7-16)20(25)17-10-11-18(21)19(22)12-17/h3-12H,13H2,1-2H3. The van der Waals surface area contributed by atoms with E-state index in [2.05, 4.69) is 0 Å². The van der Waals surface area contributed by atoms with Gasteiger partial charge >= 0.3 is 0 Å². The van der Waals surface area contributed by atoms with Gasteiger partial charge in [-0.05, 0) is 49.7 Å². The summed E-state index contributed by atoms with van der Waals surface area (Å²) in [6.07, 6.45) is 0. The van der Waals surface area contributed by atoms with E-state index in [1.807, 2.05) is 61.0 Å². The predicted molar refractivity (Wildman–Crippen MR) is 103 cm³/mol. The van der Waals surface area contributed by atoms with Gasteiger partial charge in [0, 0.05) is 17.0 Å². The summed E-state index contributed by atoms with van der Waals surface area (Å²) in [6, 6.07) is 18.8. The zero-order chi connectivity index (χ0) is 18.0. The van der Waals surface area contributed by atoms with Crippen molar-refractivity contribution in [3.8, 4) is 0 Å². The van der Waals surface area contributed by atoms with Crippen molar-refractivity contribution in [3.63, 3.8) is 0 Å². The molecule has 1 amide bonds. The number of hydrogen-bond donors (Lipinski definition) is 0. The van der Waals surface area contributed by atoms with Gasteiger partial charge in [-0.3, -0.25) is 9.47 Å². The Bertz CT molecular complexity index is 884. The molecule has 3 rings (SSSR count). The zero-order valence-electron chi connectivity index (χ0n) is 14.0. The van der Waals surface area contributed by atoms with E-state index in [-0.39, 0.29) is 5.91 Å². The van der Waals surface area contributed by atoms with Crippen LogP contribution < -0.4 is 5.01 Å². The number of aryl methyl sites for hydroxylation is 2. The molecule has 25 heavy (non-hydrogen) atoms. The minimum absolute atomic E-state index is 0.134. The number of aromatic nitrogens is 1. The van der Waals surface area contributed by atoms with Crippen LogP contribution >= 0.6 is 23.2 Å². The molecule has 1 heterocycles. The SMILES string of the molecule is Cc1ccc(C)n1N(Cc1ccccc1)C(=O)c1ccc(Cl)c(Cl)c1. The Morgan fingerprint density at radius 3 is 2.16 bits per heavy atom. The highest BCUT2D eigenvalue weighted by Gasteiger charge is 2.21. The molecule has 0 bridgehead atoms. The molecule has 0 aliphatic rings. The van der Waals surface area contributed by atoms with Crippen LogP contribution in [0.4, 0.5) is 0 Å². The topological polar surface area (TPSA) is 25.2 Å². The van der Waals surface area contributed by atoms with E-state index in [4.69, 9.17) is 23.2 Å². The second-order valence-electron chi connectivity index (χ2n) is 5.91. The average Bonchev–Trinajstić information content (AvgIpc) is 2.94. The average molecular weight is 373 g/mol. The van der Waals surface area contributed by atoms with E-state index in [9.17, 15) is 4.79 Å². The molecule has 0 aliphatic carbocycles. The second kappa shape index (κ2) is 7.34. The van der Waals surface area contributed by atoms with Gasteiger partial charge in [0.15, 0.2) is 0 Å². The Morgan fingerprint density at radius 2 is 1.56 bits per heavy atom. The largest absolute Gasteiger partial charge is 0.273 e. The normalized spacial score (nSPS) is 10.7. The van der Waals surface area contributed by atoms with Crippen molar-refractivity contribution < 1.29 is 4.79 Å². The first kappa shape index (κ1) is 17.6. The van der Waals surface area contributed by atoms with Gasteiger partial charge in [0.05, 0.1) is 16.6 Å². The molecule has 3 aromatic rings. The molecule has 0 saturated carbocycles. The highest BCUT2D eigenvalue weighted by Crippen LogP contribution is 2.24. The first-order chi connectivity index (χ1) is 12.0. The Hall–Kier alpha value is -2.23. The molecule has 1 aromatic heterocycles. The van der Waals surface area contributed by atoms with Crippen molar-refractivity contribution >= 4 is 29.1 Å². The molecule has 0 fully saturated rings. The molecule has 0 N–H and O–H groups in total. The van der Waals surface area contributed by atoms with Gasteiger partial charge in [0.25, 0.3) is 5.91 Å². The van der Waals surface area contributed by atoms with Crippen LogP contribution in [0.15, 0.2) is 60.7 Å². The van der Waals surface area contributed by atoms with E-state index < -0.39 is 0 Å². The fourth-order valence-electron chi connectivity index (χ4n) is 2.81. The van der Waals surface area contributed by atoms with Crippen LogP contribution in [0, 0.1) is 13.8 Å². The molecule has 5 heteroatoms. The van der Waals surface area contributed by atoms with Crippen LogP contribution in [0.25, 0.3) is 0 Å². The van der Waals surface area contributed by atoms with Crippen LogP contribution in [0.2, 0.25) is 10.0 Å². The summed E-state index contributed by atoms with van der Waals surface area (Å²) < 4.78 is 1.93. The molecule has 0 saturated heterocycles. The van der Waals surface area contributed by atoms with Crippen molar-refractivity contribution in [3.05, 3.63) is 93.2 Å². The van der Waals surface area contributed by atoms with Crippen LogP contribution in [0.3, 0.4) is 0 Å². The van der Waals surface area contributed by atoms with Crippen molar-refractivity contribution in [1.82, 2.24) is 4.68 Å². The summed E-state index contributed by atoms with van der Waals surface area (Å²) >= 11 is 12.1. The van der Waals surface area contributed by atoms with Crippen LogP contribution in [0.5, 0.6) is 0 Å². The second-order valence-corrected chi connectivity index (χ2v) is 6.72. The molecular formula is C20H18Cl2N2O. The summed E-state index contributed by atoms with van der Waals surface area (Å²) in [6.45, 7) is 4.41. The lowest BCUT2D eigenvalue weighted by Crippen LogP contribution is -2.41. The van der Waals surface area contributed by atoms with E-state index in [1.165, 1.54) is 0 Å². The number of carbonyl (C=O) groups excluding carboxylic acids is 1. The van der Waals surface area contributed by atoms with Gasteiger partial charge < -0.3 is 0 Å². The quantitative estimate of drug-likeness (QED) is 0.602. The summed E-state index contributed by atoms with van der Waals surface area (Å²) in [5.41, 5.74) is 3.52. The summed E-state index contributed by atoms with van der Waals surface area (Å²) in [5, 5.41) is 2.52. The van der Waals surface area contributed by atoms with Gasteiger partial charge in [-0.25, -0.2) is 5.01 Å². The maximum absolute atomic E-state index is 13.2. The van der Waals surface area contributed by atoms with Gasteiger partial charge in [-0.1, -0.05) is 53.5 Å². The van der Waals surface area contributed by atoms with Crippen molar-refractivity contribution in [2.45, 2.75) is 20.4 Å². The molecule has 0 spiro atoms. The van der Waals surface area contributed by atoms with Crippen LogP contribution in [-0.4, -0.2) is 10.6 Å². The lowest BCUT2D eigenvalue weighted by Gasteiger charge is -2.27. The van der Waals surface area contributed by atoms with Crippen molar-refractivity contribution in [2.75, 3.05) is 5.01 Å². The maximum atomic E-state index is 13.2. The van der Waals surface area contributed by atoms with E-state index in [0.29, 0.717) is 22.2 Å². The first-order valence-corrected chi connectivity index (χ1v) is 8.69. The number of halogens is 2. The first-order valence-electron chi connectivity index (χ1n) is 7.93. The lowest BCUT2D eigenvalue weighted by molar-refractivity contribution is 0.0954. The van der Waals surface area contributed by atoms with Gasteiger partial charge in [0.2, 0.25) is 0 Å². The highest BCUT2D eigenvalue weighted by molar-refractivity contribution is 6.42. The van der Waals surface area contributed by atoms with Crippen molar-refractivity contribution in [2.24, 2.45) is 0 Å². The van der Waals surface area contributed by atoms with Gasteiger partial charge in [-0.15, -0.1) is 0 Å². The minimum Gasteiger partial charge on any atom is -0.267 e. The maximum Gasteiger partial charge on any atom is 0.273 e. The number of carbonyl (C=O) groups is 1. The van der Waals surface area contributed by atoms with E-state index >= 15 is 0 Å². The zero-order valence-corrected chi connectivity index (χ0v) is 15.6. The van der Waals surface area contributed by atoms with Crippen LogP contribution in [-0.2, 0) is 6.54 Å². The summed E-state index contributed by atoms with van der Waals surface area (Å²) in [4.78, 5) is 13.2.